The van der Waals surface area contributed by atoms with Gasteiger partial charge in [0.1, 0.15) is 6.10 Å². The van der Waals surface area contributed by atoms with Crippen LogP contribution in [0, 0.1) is 11.8 Å². The van der Waals surface area contributed by atoms with Gasteiger partial charge in [0, 0.05) is 12.2 Å². The zero-order valence-corrected chi connectivity index (χ0v) is 29.7. The Labute approximate surface area is 253 Å². The Morgan fingerprint density at radius 2 is 1.51 bits per heavy atom. The van der Waals surface area contributed by atoms with Crippen molar-refractivity contribution in [3.05, 3.63) is 60.2 Å². The van der Waals surface area contributed by atoms with Gasteiger partial charge < -0.3 is 13.6 Å². The minimum Gasteiger partial charge on any atom is -0.459 e. The molecule has 0 amide bonds. The number of carbonyl (C=O) groups excluding carboxylic acids is 1. The van der Waals surface area contributed by atoms with Crippen molar-refractivity contribution >= 4 is 22.6 Å². The standard InChI is InChI=1S/C35H58O4Si2/c1-34(2,3)40(7,8)38-30-25-28-19-15-12-16-20-29(22-21-27-17-13-11-14-18-27)37-33(36)24-23-32(31(28)26-30)39-41(9,10)35(4,5)6/h11,13-15,17-19,23-24,28-32H,12,16,20-22,25-26H2,1-10H3/b19-15+,24-23+/t28-,29-,30+,31-,32-/m1/s1. The van der Waals surface area contributed by atoms with Gasteiger partial charge >= 0.3 is 5.97 Å². The topological polar surface area (TPSA) is 44.8 Å². The van der Waals surface area contributed by atoms with Crippen molar-refractivity contribution < 1.29 is 18.4 Å². The van der Waals surface area contributed by atoms with Crippen molar-refractivity contribution in [2.75, 3.05) is 0 Å². The molecular weight excluding hydrogens is 541 g/mol. The predicted molar refractivity (Wildman–Crippen MR) is 177 cm³/mol. The molecule has 3 rings (SSSR count). The lowest BCUT2D eigenvalue weighted by Gasteiger charge is -2.41. The summed E-state index contributed by atoms with van der Waals surface area (Å²) in [7, 11) is -4.00. The summed E-state index contributed by atoms with van der Waals surface area (Å²) in [6.07, 6.45) is 15.1. The number of ether oxygens (including phenoxy) is 1. The number of cyclic esters (lactones) is 1. The molecule has 0 bridgehead atoms. The van der Waals surface area contributed by atoms with Crippen LogP contribution in [0.3, 0.4) is 0 Å². The Bertz CT molecular complexity index is 1030. The predicted octanol–water partition coefficient (Wildman–Crippen LogP) is 9.63. The summed E-state index contributed by atoms with van der Waals surface area (Å²) in [6, 6.07) is 10.5. The van der Waals surface area contributed by atoms with E-state index in [-0.39, 0.29) is 40.3 Å². The third-order valence-electron chi connectivity index (χ3n) is 10.1. The maximum atomic E-state index is 13.2. The number of rotatable bonds is 7. The molecule has 1 fully saturated rings. The van der Waals surface area contributed by atoms with Crippen molar-refractivity contribution in [3.8, 4) is 0 Å². The van der Waals surface area contributed by atoms with Crippen LogP contribution in [0.25, 0.3) is 0 Å². The fraction of sp³-hybridized carbons (Fsp3) is 0.686. The molecule has 0 saturated heterocycles. The average Bonchev–Trinajstić information content (AvgIpc) is 3.25. The second-order valence-electron chi connectivity index (χ2n) is 15.4. The number of hydrogen-bond acceptors (Lipinski definition) is 4. The molecule has 0 aromatic heterocycles. The Morgan fingerprint density at radius 1 is 0.878 bits per heavy atom. The molecular formula is C35H58O4Si2. The number of benzene rings is 1. The summed E-state index contributed by atoms with van der Waals surface area (Å²) in [5, 5.41) is 0.247. The van der Waals surface area contributed by atoms with Gasteiger partial charge in [0.05, 0.1) is 6.10 Å². The summed E-state index contributed by atoms with van der Waals surface area (Å²) in [4.78, 5) is 13.2. The minimum absolute atomic E-state index is 0.0754. The molecule has 0 N–H and O–H groups in total. The molecule has 0 spiro atoms. The first-order valence-corrected chi connectivity index (χ1v) is 21.8. The van der Waals surface area contributed by atoms with Crippen molar-refractivity contribution in [1.82, 2.24) is 0 Å². The van der Waals surface area contributed by atoms with E-state index in [0.717, 1.165) is 44.9 Å². The van der Waals surface area contributed by atoms with E-state index in [9.17, 15) is 4.79 Å². The molecule has 230 valence electrons. The fourth-order valence-electron chi connectivity index (χ4n) is 5.47. The van der Waals surface area contributed by atoms with E-state index in [1.54, 1.807) is 6.08 Å². The van der Waals surface area contributed by atoms with Gasteiger partial charge in [-0.2, -0.15) is 0 Å². The number of fused-ring (bicyclic) bond motifs is 1. The van der Waals surface area contributed by atoms with Gasteiger partial charge in [-0.3, -0.25) is 0 Å². The fourth-order valence-corrected chi connectivity index (χ4v) is 8.14. The van der Waals surface area contributed by atoms with E-state index >= 15 is 0 Å². The van der Waals surface area contributed by atoms with Gasteiger partial charge in [0.2, 0.25) is 0 Å². The first kappa shape index (κ1) is 34.0. The maximum absolute atomic E-state index is 13.2. The van der Waals surface area contributed by atoms with Crippen LogP contribution in [0.1, 0.15) is 85.6 Å². The summed E-state index contributed by atoms with van der Waals surface area (Å²) < 4.78 is 20.1. The van der Waals surface area contributed by atoms with Crippen molar-refractivity contribution in [3.63, 3.8) is 0 Å². The van der Waals surface area contributed by atoms with Crippen molar-refractivity contribution in [2.45, 2.75) is 141 Å². The van der Waals surface area contributed by atoms with Crippen LogP contribution in [-0.4, -0.2) is 40.9 Å². The number of carbonyl (C=O) groups is 1. The molecule has 2 aliphatic rings. The number of allylic oxidation sites excluding steroid dienone is 2. The van der Waals surface area contributed by atoms with Gasteiger partial charge in [-0.15, -0.1) is 0 Å². The van der Waals surface area contributed by atoms with E-state index in [0.29, 0.717) is 5.92 Å². The summed E-state index contributed by atoms with van der Waals surface area (Å²) in [5.41, 5.74) is 1.28. The van der Waals surface area contributed by atoms with Crippen molar-refractivity contribution in [2.24, 2.45) is 11.8 Å². The van der Waals surface area contributed by atoms with Crippen LogP contribution in [0.15, 0.2) is 54.6 Å². The lowest BCUT2D eigenvalue weighted by Crippen LogP contribution is -2.46. The molecule has 0 radical (unpaired) electrons. The van der Waals surface area contributed by atoms with Gasteiger partial charge in [-0.05, 0) is 105 Å². The van der Waals surface area contributed by atoms with E-state index in [4.69, 9.17) is 13.6 Å². The van der Waals surface area contributed by atoms with Crippen LogP contribution in [-0.2, 0) is 24.8 Å². The van der Waals surface area contributed by atoms with Crippen LogP contribution in [0.2, 0.25) is 36.3 Å². The highest BCUT2D eigenvalue weighted by Crippen LogP contribution is 2.46. The third-order valence-corrected chi connectivity index (χ3v) is 19.1. The Balaban J connectivity index is 1.85. The number of aryl methyl sites for hydroxylation is 1. The van der Waals surface area contributed by atoms with Crippen LogP contribution < -0.4 is 0 Å². The molecule has 1 heterocycles. The number of esters is 1. The summed E-state index contributed by atoms with van der Waals surface area (Å²) in [6.45, 7) is 23.1. The maximum Gasteiger partial charge on any atom is 0.330 e. The molecule has 1 aromatic rings. The molecule has 41 heavy (non-hydrogen) atoms. The quantitative estimate of drug-likeness (QED) is 0.178. The van der Waals surface area contributed by atoms with Crippen LogP contribution in [0.5, 0.6) is 0 Å². The second-order valence-corrected chi connectivity index (χ2v) is 25.0. The van der Waals surface area contributed by atoms with Gasteiger partial charge in [-0.25, -0.2) is 4.79 Å². The number of hydrogen-bond donors (Lipinski definition) is 0. The molecule has 1 aliphatic heterocycles. The highest BCUT2D eigenvalue weighted by Gasteiger charge is 2.47. The smallest absolute Gasteiger partial charge is 0.330 e. The average molecular weight is 599 g/mol. The van der Waals surface area contributed by atoms with Gasteiger partial charge in [0.15, 0.2) is 16.6 Å². The van der Waals surface area contributed by atoms with E-state index in [1.165, 1.54) is 5.56 Å². The SMILES string of the molecule is CC(C)(C)[Si](C)(C)O[C@@H]1C[C@@H]2[C@H](/C=C/CCC[C@H](CCc3ccccc3)OC(=O)/C=C/[C@H]2O[Si](C)(C)C(C)(C)C)C1. The van der Waals surface area contributed by atoms with E-state index in [2.05, 4.69) is 104 Å². The molecule has 0 unspecified atom stereocenters. The highest BCUT2D eigenvalue weighted by molar-refractivity contribution is 6.74. The molecule has 4 nitrogen and oxygen atoms in total. The Hall–Kier alpha value is -1.48. The summed E-state index contributed by atoms with van der Waals surface area (Å²) in [5.74, 6) is 0.395. The normalized spacial score (nSPS) is 28.5. The first-order valence-electron chi connectivity index (χ1n) is 15.9. The molecule has 1 aliphatic carbocycles. The molecule has 6 heteroatoms. The minimum atomic E-state index is -2.10. The largest absolute Gasteiger partial charge is 0.459 e. The highest BCUT2D eigenvalue weighted by atomic mass is 28.4. The van der Waals surface area contributed by atoms with E-state index < -0.39 is 16.6 Å². The lowest BCUT2D eigenvalue weighted by molar-refractivity contribution is -0.143. The zero-order chi connectivity index (χ0) is 30.5. The Kier molecular flexibility index (Phi) is 11.5. The molecule has 1 saturated carbocycles. The molecule has 5 atom stereocenters. The second kappa shape index (κ2) is 13.9. The van der Waals surface area contributed by atoms with Gasteiger partial charge in [-0.1, -0.05) is 84.0 Å². The monoisotopic (exact) mass is 598 g/mol. The first-order chi connectivity index (χ1) is 19.0. The van der Waals surface area contributed by atoms with Gasteiger partial charge in [0.25, 0.3) is 0 Å². The van der Waals surface area contributed by atoms with Crippen LogP contribution in [0.4, 0.5) is 0 Å². The van der Waals surface area contributed by atoms with Crippen LogP contribution >= 0.6 is 0 Å². The third kappa shape index (κ3) is 9.77. The summed E-state index contributed by atoms with van der Waals surface area (Å²) >= 11 is 0. The zero-order valence-electron chi connectivity index (χ0n) is 27.7. The Morgan fingerprint density at radius 3 is 2.15 bits per heavy atom. The lowest BCUT2D eigenvalue weighted by atomic mass is 9.90. The van der Waals surface area contributed by atoms with E-state index in [1.807, 2.05) is 12.1 Å². The molecule has 1 aromatic carbocycles. The van der Waals surface area contributed by atoms with Crippen molar-refractivity contribution in [1.29, 1.82) is 0 Å².